The second-order valence-electron chi connectivity index (χ2n) is 5.17. The van der Waals surface area contributed by atoms with Gasteiger partial charge in [0.1, 0.15) is 17.5 Å². The summed E-state index contributed by atoms with van der Waals surface area (Å²) in [4.78, 5) is 17.8. The molecule has 0 aliphatic carbocycles. The highest BCUT2D eigenvalue weighted by molar-refractivity contribution is 7.09. The van der Waals surface area contributed by atoms with Crippen LogP contribution >= 0.6 is 11.5 Å². The van der Waals surface area contributed by atoms with E-state index in [2.05, 4.69) is 29.1 Å². The zero-order valence-electron chi connectivity index (χ0n) is 12.9. The van der Waals surface area contributed by atoms with Crippen LogP contribution in [0.5, 0.6) is 0 Å². The van der Waals surface area contributed by atoms with Gasteiger partial charge >= 0.3 is 0 Å². The first-order valence-electron chi connectivity index (χ1n) is 7.37. The third-order valence-corrected chi connectivity index (χ3v) is 4.44. The van der Waals surface area contributed by atoms with Crippen molar-refractivity contribution >= 4 is 22.5 Å². The van der Waals surface area contributed by atoms with Gasteiger partial charge in [-0.2, -0.15) is 4.37 Å². The number of hydrogen-bond donors (Lipinski definition) is 0. The summed E-state index contributed by atoms with van der Waals surface area (Å²) >= 11 is 1.47. The zero-order chi connectivity index (χ0) is 15.4. The van der Waals surface area contributed by atoms with Crippen LogP contribution in [-0.4, -0.2) is 59.2 Å². The van der Waals surface area contributed by atoms with E-state index in [1.807, 2.05) is 19.2 Å². The van der Waals surface area contributed by atoms with Crippen LogP contribution in [0, 0.1) is 6.92 Å². The molecule has 3 rings (SSSR count). The van der Waals surface area contributed by atoms with Gasteiger partial charge < -0.3 is 14.5 Å². The first-order chi connectivity index (χ1) is 10.8. The Hall–Kier alpha value is -1.80. The van der Waals surface area contributed by atoms with Crippen molar-refractivity contribution in [1.29, 1.82) is 0 Å². The first-order valence-corrected chi connectivity index (χ1v) is 8.14. The summed E-state index contributed by atoms with van der Waals surface area (Å²) in [6.45, 7) is 6.32. The number of hydrogen-bond acceptors (Lipinski definition) is 8. The molecule has 0 aromatic carbocycles. The molecule has 2 aromatic heterocycles. The van der Waals surface area contributed by atoms with Crippen molar-refractivity contribution in [3.8, 4) is 0 Å². The van der Waals surface area contributed by atoms with Crippen LogP contribution in [0.1, 0.15) is 11.6 Å². The summed E-state index contributed by atoms with van der Waals surface area (Å²) in [5.74, 6) is 2.69. The van der Waals surface area contributed by atoms with Crippen LogP contribution in [0.2, 0.25) is 0 Å². The Morgan fingerprint density at radius 1 is 1.18 bits per heavy atom. The van der Waals surface area contributed by atoms with Gasteiger partial charge in [0.15, 0.2) is 0 Å². The summed E-state index contributed by atoms with van der Waals surface area (Å²) in [6.07, 6.45) is 2.59. The Morgan fingerprint density at radius 2 is 1.95 bits per heavy atom. The summed E-state index contributed by atoms with van der Waals surface area (Å²) < 4.78 is 9.46. The third-order valence-electron chi connectivity index (χ3n) is 3.62. The van der Waals surface area contributed by atoms with E-state index in [0.29, 0.717) is 6.61 Å². The molecule has 7 nitrogen and oxygen atoms in total. The van der Waals surface area contributed by atoms with Gasteiger partial charge in [0, 0.05) is 57.4 Å². The van der Waals surface area contributed by atoms with Crippen LogP contribution < -0.4 is 9.80 Å². The van der Waals surface area contributed by atoms with E-state index in [9.17, 15) is 0 Å². The van der Waals surface area contributed by atoms with Crippen LogP contribution in [-0.2, 0) is 11.2 Å². The lowest BCUT2D eigenvalue weighted by Crippen LogP contribution is -2.46. The quantitative estimate of drug-likeness (QED) is 0.818. The molecule has 1 saturated heterocycles. The van der Waals surface area contributed by atoms with Crippen molar-refractivity contribution in [2.45, 2.75) is 13.3 Å². The smallest absolute Gasteiger partial charge is 0.205 e. The van der Waals surface area contributed by atoms with Crippen LogP contribution in [0.4, 0.5) is 10.9 Å². The second kappa shape index (κ2) is 6.97. The highest BCUT2D eigenvalue weighted by Gasteiger charge is 2.21. The predicted octanol–water partition coefficient (Wildman–Crippen LogP) is 1.15. The maximum Gasteiger partial charge on any atom is 0.205 e. The fraction of sp³-hybridized carbons (Fsp3) is 0.571. The fourth-order valence-corrected chi connectivity index (χ4v) is 3.18. The van der Waals surface area contributed by atoms with E-state index in [1.165, 1.54) is 11.5 Å². The highest BCUT2D eigenvalue weighted by Crippen LogP contribution is 2.21. The molecule has 3 heterocycles. The van der Waals surface area contributed by atoms with E-state index >= 15 is 0 Å². The average molecular weight is 320 g/mol. The first kappa shape index (κ1) is 15.1. The van der Waals surface area contributed by atoms with Crippen molar-refractivity contribution in [3.63, 3.8) is 0 Å². The molecule has 118 valence electrons. The molecular formula is C14H20N6OS. The molecule has 0 spiro atoms. The number of anilines is 2. The molecule has 2 aromatic rings. The molecule has 1 aliphatic rings. The molecule has 1 fully saturated rings. The van der Waals surface area contributed by atoms with E-state index in [-0.39, 0.29) is 0 Å². The molecule has 8 heteroatoms. The minimum atomic E-state index is 0.664. The maximum atomic E-state index is 5.07. The molecule has 0 unspecified atom stereocenters. The van der Waals surface area contributed by atoms with Crippen LogP contribution in [0.15, 0.2) is 12.3 Å². The van der Waals surface area contributed by atoms with Gasteiger partial charge in [0.25, 0.3) is 0 Å². The van der Waals surface area contributed by atoms with Gasteiger partial charge in [-0.1, -0.05) is 0 Å². The molecule has 0 N–H and O–H groups in total. The average Bonchev–Trinajstić information content (AvgIpc) is 3.02. The monoisotopic (exact) mass is 320 g/mol. The van der Waals surface area contributed by atoms with Crippen molar-refractivity contribution < 1.29 is 4.74 Å². The molecule has 1 aliphatic heterocycles. The van der Waals surface area contributed by atoms with Crippen molar-refractivity contribution in [1.82, 2.24) is 19.3 Å². The standard InChI is InChI=1S/C14H20N6OS/c1-11-15-5-3-13(16-11)19-6-8-20(9-7-19)14-17-12(18-22-14)4-10-21-2/h3,5H,4,6-10H2,1-2H3. The summed E-state index contributed by atoms with van der Waals surface area (Å²) in [7, 11) is 1.70. The molecule has 0 atom stereocenters. The topological polar surface area (TPSA) is 67.3 Å². The Balaban J connectivity index is 1.58. The van der Waals surface area contributed by atoms with E-state index < -0.39 is 0 Å². The third kappa shape index (κ3) is 3.50. The molecule has 0 amide bonds. The number of nitrogens with zero attached hydrogens (tertiary/aromatic N) is 6. The molecular weight excluding hydrogens is 300 g/mol. The van der Waals surface area contributed by atoms with E-state index in [0.717, 1.165) is 55.2 Å². The largest absolute Gasteiger partial charge is 0.384 e. The molecule has 0 saturated carbocycles. The Bertz CT molecular complexity index is 611. The fourth-order valence-electron chi connectivity index (χ4n) is 2.41. The predicted molar refractivity (Wildman–Crippen MR) is 86.7 cm³/mol. The van der Waals surface area contributed by atoms with Crippen molar-refractivity contribution in [3.05, 3.63) is 23.9 Å². The Kier molecular flexibility index (Phi) is 4.79. The van der Waals surface area contributed by atoms with Gasteiger partial charge in [0.2, 0.25) is 5.13 Å². The van der Waals surface area contributed by atoms with E-state index in [1.54, 1.807) is 7.11 Å². The lowest BCUT2D eigenvalue weighted by atomic mass is 10.3. The van der Waals surface area contributed by atoms with Gasteiger partial charge in [-0.3, -0.25) is 0 Å². The lowest BCUT2D eigenvalue weighted by molar-refractivity contribution is 0.201. The Labute approximate surface area is 134 Å². The number of methoxy groups -OCH3 is 1. The number of piperazine rings is 1. The van der Waals surface area contributed by atoms with Gasteiger partial charge in [-0.25, -0.2) is 15.0 Å². The summed E-state index contributed by atoms with van der Waals surface area (Å²) in [5, 5.41) is 1.00. The number of aromatic nitrogens is 4. The number of aryl methyl sites for hydroxylation is 1. The minimum absolute atomic E-state index is 0.664. The van der Waals surface area contributed by atoms with Crippen molar-refractivity contribution in [2.24, 2.45) is 0 Å². The zero-order valence-corrected chi connectivity index (χ0v) is 13.7. The molecule has 0 bridgehead atoms. The minimum Gasteiger partial charge on any atom is -0.384 e. The van der Waals surface area contributed by atoms with Crippen LogP contribution in [0.25, 0.3) is 0 Å². The number of ether oxygens (including phenoxy) is 1. The SMILES string of the molecule is COCCc1nsc(N2CCN(c3ccnc(C)n3)CC2)n1. The summed E-state index contributed by atoms with van der Waals surface area (Å²) in [6, 6.07) is 1.97. The van der Waals surface area contributed by atoms with Gasteiger partial charge in [-0.05, 0) is 13.0 Å². The molecule has 22 heavy (non-hydrogen) atoms. The van der Waals surface area contributed by atoms with Crippen LogP contribution in [0.3, 0.4) is 0 Å². The van der Waals surface area contributed by atoms with Gasteiger partial charge in [0.05, 0.1) is 6.61 Å². The van der Waals surface area contributed by atoms with E-state index in [4.69, 9.17) is 4.74 Å². The van der Waals surface area contributed by atoms with Gasteiger partial charge in [-0.15, -0.1) is 0 Å². The lowest BCUT2D eigenvalue weighted by Gasteiger charge is -2.35. The Morgan fingerprint density at radius 3 is 2.68 bits per heavy atom. The summed E-state index contributed by atoms with van der Waals surface area (Å²) in [5.41, 5.74) is 0. The normalized spacial score (nSPS) is 15.4. The maximum absolute atomic E-state index is 5.07. The highest BCUT2D eigenvalue weighted by atomic mass is 32.1. The number of rotatable bonds is 5. The van der Waals surface area contributed by atoms with Crippen molar-refractivity contribution in [2.75, 3.05) is 49.7 Å². The molecule has 0 radical (unpaired) electrons. The second-order valence-corrected chi connectivity index (χ2v) is 5.90.